The van der Waals surface area contributed by atoms with E-state index in [-0.39, 0.29) is 5.56 Å². The minimum absolute atomic E-state index is 0.0804. The van der Waals surface area contributed by atoms with Crippen LogP contribution in [-0.4, -0.2) is 25.1 Å². The van der Waals surface area contributed by atoms with E-state index in [1.54, 1.807) is 18.6 Å². The molecule has 0 radical (unpaired) electrons. The van der Waals surface area contributed by atoms with E-state index in [1.807, 2.05) is 24.4 Å². The Morgan fingerprint density at radius 1 is 0.806 bits per heavy atom. The van der Waals surface area contributed by atoms with Crippen LogP contribution >= 0.6 is 0 Å². The molecule has 6 aromatic rings. The van der Waals surface area contributed by atoms with E-state index < -0.39 is 11.6 Å². The average molecular weight is 413 g/mol. The first-order valence-corrected chi connectivity index (χ1v) is 9.49. The summed E-state index contributed by atoms with van der Waals surface area (Å²) in [5, 5.41) is 5.59. The van der Waals surface area contributed by atoms with Crippen LogP contribution in [0.4, 0.5) is 8.78 Å². The smallest absolute Gasteiger partial charge is 0.176 e. The zero-order valence-corrected chi connectivity index (χ0v) is 15.9. The molecule has 0 aliphatic heterocycles. The van der Waals surface area contributed by atoms with Gasteiger partial charge in [0, 0.05) is 57.8 Å². The summed E-state index contributed by atoms with van der Waals surface area (Å²) in [4.78, 5) is 15.1. The van der Waals surface area contributed by atoms with Gasteiger partial charge in [0.2, 0.25) is 0 Å². The number of nitrogens with one attached hydrogen (secondary N) is 2. The first-order chi connectivity index (χ1) is 15.2. The molecule has 2 N–H and O–H groups in total. The first-order valence-electron chi connectivity index (χ1n) is 9.49. The van der Waals surface area contributed by atoms with Crippen molar-refractivity contribution in [3.8, 4) is 33.6 Å². The fourth-order valence-electron chi connectivity index (χ4n) is 3.78. The molecule has 6 nitrogen and oxygen atoms in total. The molecular formula is C23H13F2N5O. The lowest BCUT2D eigenvalue weighted by atomic mass is 10.0. The average Bonchev–Trinajstić information content (AvgIpc) is 3.53. The number of halogens is 2. The van der Waals surface area contributed by atoms with Crippen molar-refractivity contribution in [2.45, 2.75) is 0 Å². The highest BCUT2D eigenvalue weighted by molar-refractivity contribution is 5.98. The van der Waals surface area contributed by atoms with Crippen LogP contribution in [0.3, 0.4) is 0 Å². The summed E-state index contributed by atoms with van der Waals surface area (Å²) in [5.74, 6) is -1.55. The Morgan fingerprint density at radius 3 is 2.55 bits per heavy atom. The number of benzene rings is 1. The van der Waals surface area contributed by atoms with E-state index >= 15 is 0 Å². The van der Waals surface area contributed by atoms with Crippen LogP contribution in [0.25, 0.3) is 55.6 Å². The number of pyridine rings is 2. The van der Waals surface area contributed by atoms with Crippen molar-refractivity contribution < 1.29 is 13.3 Å². The minimum atomic E-state index is -0.948. The Kier molecular flexibility index (Phi) is 3.73. The number of rotatable bonds is 3. The lowest BCUT2D eigenvalue weighted by molar-refractivity contribution is 0.432. The SMILES string of the molecule is Fc1cccc(-c2cnoc2-c2c[nH]c3ncc(-c4cnc5[nH]ccc5c4)cc23)c1F. The van der Waals surface area contributed by atoms with E-state index in [9.17, 15) is 8.78 Å². The normalized spacial score (nSPS) is 11.5. The quantitative estimate of drug-likeness (QED) is 0.389. The first kappa shape index (κ1) is 17.5. The van der Waals surface area contributed by atoms with Crippen LogP contribution in [0, 0.1) is 11.6 Å². The van der Waals surface area contributed by atoms with Gasteiger partial charge in [-0.2, -0.15) is 0 Å². The van der Waals surface area contributed by atoms with E-state index in [2.05, 4.69) is 25.1 Å². The van der Waals surface area contributed by atoms with Crippen LogP contribution in [0.1, 0.15) is 0 Å². The van der Waals surface area contributed by atoms with Gasteiger partial charge in [0.05, 0.1) is 11.8 Å². The van der Waals surface area contributed by atoms with Crippen molar-refractivity contribution in [3.05, 3.63) is 79.0 Å². The monoisotopic (exact) mass is 413 g/mol. The van der Waals surface area contributed by atoms with Gasteiger partial charge in [0.25, 0.3) is 0 Å². The zero-order chi connectivity index (χ0) is 20.9. The molecule has 0 unspecified atom stereocenters. The maximum atomic E-state index is 14.4. The summed E-state index contributed by atoms with van der Waals surface area (Å²) in [6, 6.07) is 9.94. The molecule has 0 bridgehead atoms. The van der Waals surface area contributed by atoms with Crippen LogP contribution < -0.4 is 0 Å². The standard InChI is InChI=1S/C23H13F2N5O/c24-19-3-1-2-15(20(19)25)18-11-30-31-21(18)17-10-29-23-16(17)7-14(9-28-23)13-6-12-4-5-26-22(12)27-8-13/h1-11H,(H,26,27)(H,28,29). The van der Waals surface area contributed by atoms with Crippen LogP contribution in [0.2, 0.25) is 0 Å². The molecule has 0 saturated heterocycles. The Balaban J connectivity index is 1.51. The number of aromatic amines is 2. The zero-order valence-electron chi connectivity index (χ0n) is 15.9. The van der Waals surface area contributed by atoms with Crippen molar-refractivity contribution in [3.63, 3.8) is 0 Å². The van der Waals surface area contributed by atoms with Crippen molar-refractivity contribution in [2.24, 2.45) is 0 Å². The van der Waals surface area contributed by atoms with E-state index in [0.29, 0.717) is 22.5 Å². The van der Waals surface area contributed by atoms with E-state index in [1.165, 1.54) is 18.3 Å². The molecule has 0 fully saturated rings. The largest absolute Gasteiger partial charge is 0.356 e. The number of fused-ring (bicyclic) bond motifs is 2. The molecule has 1 aromatic carbocycles. The molecule has 5 heterocycles. The summed E-state index contributed by atoms with van der Waals surface area (Å²) in [5.41, 5.74) is 4.30. The highest BCUT2D eigenvalue weighted by Crippen LogP contribution is 2.38. The summed E-state index contributed by atoms with van der Waals surface area (Å²) < 4.78 is 33.6. The Morgan fingerprint density at radius 2 is 1.65 bits per heavy atom. The van der Waals surface area contributed by atoms with Crippen LogP contribution in [0.15, 0.2) is 71.9 Å². The number of aromatic nitrogens is 5. The summed E-state index contributed by atoms with van der Waals surface area (Å²) in [7, 11) is 0. The summed E-state index contributed by atoms with van der Waals surface area (Å²) in [6.45, 7) is 0. The van der Waals surface area contributed by atoms with Crippen molar-refractivity contribution in [2.75, 3.05) is 0 Å². The maximum absolute atomic E-state index is 14.4. The molecule has 31 heavy (non-hydrogen) atoms. The number of hydrogen-bond donors (Lipinski definition) is 2. The fraction of sp³-hybridized carbons (Fsp3) is 0. The summed E-state index contributed by atoms with van der Waals surface area (Å²) >= 11 is 0. The van der Waals surface area contributed by atoms with Gasteiger partial charge in [-0.05, 0) is 24.3 Å². The van der Waals surface area contributed by atoms with Crippen LogP contribution in [-0.2, 0) is 0 Å². The molecular weight excluding hydrogens is 400 g/mol. The Labute approximate surface area is 173 Å². The number of H-pyrrole nitrogens is 2. The molecule has 150 valence electrons. The predicted octanol–water partition coefficient (Wildman–Crippen LogP) is 5.71. The van der Waals surface area contributed by atoms with Crippen molar-refractivity contribution in [1.82, 2.24) is 25.1 Å². The van der Waals surface area contributed by atoms with Gasteiger partial charge in [-0.15, -0.1) is 0 Å². The number of nitrogens with zero attached hydrogens (tertiary/aromatic N) is 3. The second-order valence-corrected chi connectivity index (χ2v) is 7.13. The van der Waals surface area contributed by atoms with Crippen LogP contribution in [0.5, 0.6) is 0 Å². The highest BCUT2D eigenvalue weighted by Gasteiger charge is 2.21. The predicted molar refractivity (Wildman–Crippen MR) is 112 cm³/mol. The third-order valence-corrected chi connectivity index (χ3v) is 5.32. The lowest BCUT2D eigenvalue weighted by Gasteiger charge is -2.05. The van der Waals surface area contributed by atoms with Gasteiger partial charge in [-0.3, -0.25) is 0 Å². The van der Waals surface area contributed by atoms with Gasteiger partial charge in [0.1, 0.15) is 11.3 Å². The molecule has 5 aromatic heterocycles. The minimum Gasteiger partial charge on any atom is -0.356 e. The van der Waals surface area contributed by atoms with Crippen molar-refractivity contribution >= 4 is 22.1 Å². The highest BCUT2D eigenvalue weighted by atomic mass is 19.2. The number of hydrogen-bond acceptors (Lipinski definition) is 4. The van der Waals surface area contributed by atoms with Gasteiger partial charge < -0.3 is 14.5 Å². The van der Waals surface area contributed by atoms with Gasteiger partial charge in [0.15, 0.2) is 17.4 Å². The van der Waals surface area contributed by atoms with Gasteiger partial charge >= 0.3 is 0 Å². The molecule has 0 atom stereocenters. The second-order valence-electron chi connectivity index (χ2n) is 7.13. The lowest BCUT2D eigenvalue weighted by Crippen LogP contribution is -1.89. The van der Waals surface area contributed by atoms with Gasteiger partial charge in [-0.25, -0.2) is 18.7 Å². The second kappa shape index (κ2) is 6.60. The molecule has 0 aliphatic carbocycles. The van der Waals surface area contributed by atoms with E-state index in [0.717, 1.165) is 33.6 Å². The Bertz CT molecular complexity index is 1580. The maximum Gasteiger partial charge on any atom is 0.176 e. The molecule has 0 saturated carbocycles. The molecule has 6 rings (SSSR count). The fourth-order valence-corrected chi connectivity index (χ4v) is 3.78. The summed E-state index contributed by atoms with van der Waals surface area (Å²) in [6.07, 6.45) is 8.47. The Hall–Kier alpha value is -4.33. The third-order valence-electron chi connectivity index (χ3n) is 5.32. The molecule has 0 aliphatic rings. The van der Waals surface area contributed by atoms with E-state index in [4.69, 9.17) is 4.52 Å². The van der Waals surface area contributed by atoms with Crippen molar-refractivity contribution in [1.29, 1.82) is 0 Å². The molecule has 8 heteroatoms. The molecule has 0 amide bonds. The molecule has 0 spiro atoms. The topological polar surface area (TPSA) is 83.4 Å². The third kappa shape index (κ3) is 2.72. The van der Waals surface area contributed by atoms with Gasteiger partial charge in [-0.1, -0.05) is 17.3 Å².